The molecule has 108 valence electrons. The second-order valence-electron chi connectivity index (χ2n) is 5.38. The Morgan fingerprint density at radius 3 is 2.60 bits per heavy atom. The van der Waals surface area contributed by atoms with Crippen LogP contribution in [0.15, 0.2) is 24.3 Å². The first-order valence-corrected chi connectivity index (χ1v) is 6.58. The third-order valence-corrected chi connectivity index (χ3v) is 3.50. The number of amides is 1. The zero-order valence-electron chi connectivity index (χ0n) is 11.7. The molecule has 1 aromatic heterocycles. The molecule has 1 aromatic carbocycles. The summed E-state index contributed by atoms with van der Waals surface area (Å²) in [7, 11) is 0. The number of aromatic amines is 1. The molecule has 0 fully saturated rings. The summed E-state index contributed by atoms with van der Waals surface area (Å²) in [5, 5.41) is 22.1. The number of aliphatic hydroxyl groups is 2. The van der Waals surface area contributed by atoms with Gasteiger partial charge < -0.3 is 20.5 Å². The Hall–Kier alpha value is -1.85. The van der Waals surface area contributed by atoms with Gasteiger partial charge in [0.15, 0.2) is 0 Å². The standard InChI is InChI=1S/C15H20N2O3/c1-10-12(11-5-3-4-6-13(11)16-10)7-14(20)17-15(2,8-18)9-19/h3-6,16,18-19H,7-9H2,1-2H3,(H,17,20). The van der Waals surface area contributed by atoms with Crippen molar-refractivity contribution in [2.45, 2.75) is 25.8 Å². The maximum absolute atomic E-state index is 12.1. The Bertz CT molecular complexity index is 615. The van der Waals surface area contributed by atoms with Crippen LogP contribution >= 0.6 is 0 Å². The highest BCUT2D eigenvalue weighted by Gasteiger charge is 2.25. The van der Waals surface area contributed by atoms with Crippen molar-refractivity contribution in [1.29, 1.82) is 0 Å². The van der Waals surface area contributed by atoms with E-state index in [0.717, 1.165) is 22.2 Å². The summed E-state index contributed by atoms with van der Waals surface area (Å²) in [5.74, 6) is -0.219. The first-order valence-electron chi connectivity index (χ1n) is 6.58. The van der Waals surface area contributed by atoms with E-state index in [2.05, 4.69) is 10.3 Å². The number of fused-ring (bicyclic) bond motifs is 1. The second-order valence-corrected chi connectivity index (χ2v) is 5.38. The summed E-state index contributed by atoms with van der Waals surface area (Å²) in [6.07, 6.45) is 0.214. The number of rotatable bonds is 5. The third kappa shape index (κ3) is 2.84. The van der Waals surface area contributed by atoms with Crippen LogP contribution in [-0.4, -0.2) is 39.9 Å². The van der Waals surface area contributed by atoms with E-state index in [1.165, 1.54) is 0 Å². The van der Waals surface area contributed by atoms with Gasteiger partial charge in [0.2, 0.25) is 5.91 Å². The molecule has 0 spiro atoms. The molecule has 0 radical (unpaired) electrons. The molecular formula is C15H20N2O3. The largest absolute Gasteiger partial charge is 0.394 e. The van der Waals surface area contributed by atoms with Crippen molar-refractivity contribution in [3.8, 4) is 0 Å². The normalized spacial score (nSPS) is 11.8. The van der Waals surface area contributed by atoms with E-state index in [-0.39, 0.29) is 25.5 Å². The first-order chi connectivity index (χ1) is 9.49. The molecule has 20 heavy (non-hydrogen) atoms. The number of nitrogens with one attached hydrogen (secondary N) is 2. The maximum Gasteiger partial charge on any atom is 0.225 e. The minimum atomic E-state index is -0.989. The highest BCUT2D eigenvalue weighted by atomic mass is 16.3. The number of aryl methyl sites for hydroxylation is 1. The first kappa shape index (κ1) is 14.6. The van der Waals surface area contributed by atoms with Gasteiger partial charge in [0.05, 0.1) is 25.2 Å². The van der Waals surface area contributed by atoms with Crippen LogP contribution in [0.25, 0.3) is 10.9 Å². The lowest BCUT2D eigenvalue weighted by Crippen LogP contribution is -2.52. The number of aliphatic hydroxyl groups excluding tert-OH is 2. The lowest BCUT2D eigenvalue weighted by Gasteiger charge is -2.26. The average molecular weight is 276 g/mol. The van der Waals surface area contributed by atoms with E-state index in [0.29, 0.717) is 0 Å². The van der Waals surface area contributed by atoms with Crippen LogP contribution in [0, 0.1) is 6.92 Å². The number of benzene rings is 1. The lowest BCUT2D eigenvalue weighted by molar-refractivity contribution is -0.123. The molecule has 0 unspecified atom stereocenters. The van der Waals surface area contributed by atoms with Gasteiger partial charge in [-0.3, -0.25) is 4.79 Å². The Kier molecular flexibility index (Phi) is 4.11. The van der Waals surface area contributed by atoms with Crippen LogP contribution in [0.3, 0.4) is 0 Å². The van der Waals surface area contributed by atoms with Gasteiger partial charge in [-0.05, 0) is 25.5 Å². The number of aromatic nitrogens is 1. The molecule has 4 N–H and O–H groups in total. The molecule has 0 aliphatic rings. The fraction of sp³-hybridized carbons (Fsp3) is 0.400. The van der Waals surface area contributed by atoms with E-state index in [1.54, 1.807) is 6.92 Å². The zero-order valence-corrected chi connectivity index (χ0v) is 11.7. The van der Waals surface area contributed by atoms with Crippen LogP contribution in [-0.2, 0) is 11.2 Å². The Morgan fingerprint density at radius 1 is 1.30 bits per heavy atom. The van der Waals surface area contributed by atoms with Gasteiger partial charge in [0.25, 0.3) is 0 Å². The van der Waals surface area contributed by atoms with E-state index in [9.17, 15) is 15.0 Å². The topological polar surface area (TPSA) is 85.4 Å². The van der Waals surface area contributed by atoms with Crippen LogP contribution in [0.5, 0.6) is 0 Å². The lowest BCUT2D eigenvalue weighted by atomic mass is 10.0. The van der Waals surface area contributed by atoms with Crippen LogP contribution in [0.2, 0.25) is 0 Å². The number of H-pyrrole nitrogens is 1. The van der Waals surface area contributed by atoms with Crippen molar-refractivity contribution in [3.63, 3.8) is 0 Å². The predicted octanol–water partition coefficient (Wildman–Crippen LogP) is 0.878. The highest BCUT2D eigenvalue weighted by Crippen LogP contribution is 2.22. The number of carbonyl (C=O) groups excluding carboxylic acids is 1. The molecular weight excluding hydrogens is 256 g/mol. The van der Waals surface area contributed by atoms with Crippen LogP contribution in [0.4, 0.5) is 0 Å². The molecule has 2 aromatic rings. The Labute approximate surface area is 117 Å². The predicted molar refractivity (Wildman–Crippen MR) is 77.5 cm³/mol. The number of hydrogen-bond donors (Lipinski definition) is 4. The van der Waals surface area contributed by atoms with E-state index in [1.807, 2.05) is 31.2 Å². The average Bonchev–Trinajstić information content (AvgIpc) is 2.75. The maximum atomic E-state index is 12.1. The molecule has 0 atom stereocenters. The quantitative estimate of drug-likeness (QED) is 0.654. The fourth-order valence-electron chi connectivity index (χ4n) is 2.23. The SMILES string of the molecule is Cc1[nH]c2ccccc2c1CC(=O)NC(C)(CO)CO. The Balaban J connectivity index is 2.20. The van der Waals surface area contributed by atoms with Crippen molar-refractivity contribution in [2.75, 3.05) is 13.2 Å². The minimum Gasteiger partial charge on any atom is -0.394 e. The second kappa shape index (κ2) is 5.64. The van der Waals surface area contributed by atoms with E-state index < -0.39 is 5.54 Å². The van der Waals surface area contributed by atoms with Gasteiger partial charge in [0.1, 0.15) is 0 Å². The molecule has 1 heterocycles. The zero-order chi connectivity index (χ0) is 14.8. The molecule has 5 nitrogen and oxygen atoms in total. The van der Waals surface area contributed by atoms with Crippen molar-refractivity contribution in [1.82, 2.24) is 10.3 Å². The molecule has 0 saturated carbocycles. The number of hydrogen-bond acceptors (Lipinski definition) is 3. The molecule has 2 rings (SSSR count). The molecule has 0 bridgehead atoms. The Morgan fingerprint density at radius 2 is 1.95 bits per heavy atom. The van der Waals surface area contributed by atoms with Gasteiger partial charge in [0, 0.05) is 16.6 Å². The molecule has 1 amide bonds. The van der Waals surface area contributed by atoms with Gasteiger partial charge in [-0.2, -0.15) is 0 Å². The summed E-state index contributed by atoms with van der Waals surface area (Å²) < 4.78 is 0. The van der Waals surface area contributed by atoms with Crippen molar-refractivity contribution in [3.05, 3.63) is 35.5 Å². The summed E-state index contributed by atoms with van der Waals surface area (Å²) in [5.41, 5.74) is 1.91. The van der Waals surface area contributed by atoms with Gasteiger partial charge in [-0.15, -0.1) is 0 Å². The van der Waals surface area contributed by atoms with Gasteiger partial charge in [-0.1, -0.05) is 18.2 Å². The van der Waals surface area contributed by atoms with Crippen LogP contribution in [0.1, 0.15) is 18.2 Å². The van der Waals surface area contributed by atoms with Crippen molar-refractivity contribution < 1.29 is 15.0 Å². The molecule has 0 aliphatic carbocycles. The monoisotopic (exact) mass is 276 g/mol. The highest BCUT2D eigenvalue weighted by molar-refractivity contribution is 5.90. The molecule has 0 saturated heterocycles. The third-order valence-electron chi connectivity index (χ3n) is 3.50. The smallest absolute Gasteiger partial charge is 0.225 e. The summed E-state index contributed by atoms with van der Waals surface area (Å²) >= 11 is 0. The van der Waals surface area contributed by atoms with E-state index >= 15 is 0 Å². The number of carbonyl (C=O) groups is 1. The minimum absolute atomic E-state index is 0.214. The van der Waals surface area contributed by atoms with E-state index in [4.69, 9.17) is 0 Å². The van der Waals surface area contributed by atoms with Crippen molar-refractivity contribution in [2.24, 2.45) is 0 Å². The molecule has 5 heteroatoms. The summed E-state index contributed by atoms with van der Waals surface area (Å²) in [6.45, 7) is 2.93. The van der Waals surface area contributed by atoms with Gasteiger partial charge >= 0.3 is 0 Å². The van der Waals surface area contributed by atoms with Gasteiger partial charge in [-0.25, -0.2) is 0 Å². The van der Waals surface area contributed by atoms with Crippen molar-refractivity contribution >= 4 is 16.8 Å². The summed E-state index contributed by atoms with van der Waals surface area (Å²) in [6, 6.07) is 7.81. The fourth-order valence-corrected chi connectivity index (χ4v) is 2.23. The summed E-state index contributed by atoms with van der Waals surface area (Å²) in [4.78, 5) is 15.3. The number of para-hydroxylation sites is 1. The van der Waals surface area contributed by atoms with Crippen LogP contribution < -0.4 is 5.32 Å². The molecule has 0 aliphatic heterocycles.